The van der Waals surface area contributed by atoms with Gasteiger partial charge in [0, 0.05) is 18.0 Å². The molecular formula is C17H20N4O. The minimum absolute atomic E-state index is 0.0436. The van der Waals surface area contributed by atoms with Crippen LogP contribution in [-0.2, 0) is 5.41 Å². The summed E-state index contributed by atoms with van der Waals surface area (Å²) in [5, 5.41) is 10.1. The number of rotatable bonds is 3. The van der Waals surface area contributed by atoms with Crippen molar-refractivity contribution in [3.05, 3.63) is 53.2 Å². The summed E-state index contributed by atoms with van der Waals surface area (Å²) in [4.78, 5) is 16.2. The topological polar surface area (TPSA) is 91.9 Å². The summed E-state index contributed by atoms with van der Waals surface area (Å²) in [6.45, 7) is 6.37. The molecule has 0 saturated heterocycles. The highest BCUT2D eigenvalue weighted by molar-refractivity contribution is 6.07. The first-order valence-corrected chi connectivity index (χ1v) is 7.00. The molecule has 5 heteroatoms. The van der Waals surface area contributed by atoms with Crippen molar-refractivity contribution in [2.45, 2.75) is 26.2 Å². The van der Waals surface area contributed by atoms with Crippen LogP contribution in [0.2, 0.25) is 0 Å². The lowest BCUT2D eigenvalue weighted by Crippen LogP contribution is -2.15. The van der Waals surface area contributed by atoms with Crippen LogP contribution >= 0.6 is 0 Å². The van der Waals surface area contributed by atoms with E-state index >= 15 is 0 Å². The number of nitrogens with one attached hydrogen (secondary N) is 2. The number of hydrogen-bond donors (Lipinski definition) is 3. The van der Waals surface area contributed by atoms with E-state index in [1.54, 1.807) is 18.2 Å². The molecule has 1 aromatic heterocycles. The van der Waals surface area contributed by atoms with Crippen LogP contribution in [0.1, 0.15) is 42.3 Å². The summed E-state index contributed by atoms with van der Waals surface area (Å²) >= 11 is 0. The first-order chi connectivity index (χ1) is 10.3. The highest BCUT2D eigenvalue weighted by Gasteiger charge is 2.15. The van der Waals surface area contributed by atoms with E-state index in [9.17, 15) is 4.79 Å². The fourth-order valence-electron chi connectivity index (χ4n) is 2.07. The highest BCUT2D eigenvalue weighted by atomic mass is 16.1. The van der Waals surface area contributed by atoms with E-state index in [2.05, 4.69) is 31.1 Å². The SMILES string of the molecule is CC(C)(C)c1ccc(C(=O)Nc2ccnc(N)c2C=N)cc1. The molecule has 0 saturated carbocycles. The number of nitrogens with zero attached hydrogens (tertiary/aromatic N) is 1. The zero-order valence-corrected chi connectivity index (χ0v) is 13.0. The summed E-state index contributed by atoms with van der Waals surface area (Å²) in [5.41, 5.74) is 8.35. The van der Waals surface area contributed by atoms with E-state index in [0.717, 1.165) is 11.8 Å². The summed E-state index contributed by atoms with van der Waals surface area (Å²) in [5.74, 6) is -0.0231. The van der Waals surface area contributed by atoms with Gasteiger partial charge in [-0.15, -0.1) is 0 Å². The molecular weight excluding hydrogens is 276 g/mol. The molecule has 5 nitrogen and oxygen atoms in total. The van der Waals surface area contributed by atoms with Crippen LogP contribution in [0.15, 0.2) is 36.5 Å². The Labute approximate surface area is 130 Å². The molecule has 0 unspecified atom stereocenters. The lowest BCUT2D eigenvalue weighted by molar-refractivity contribution is 0.102. The predicted molar refractivity (Wildman–Crippen MR) is 89.6 cm³/mol. The van der Waals surface area contributed by atoms with Gasteiger partial charge in [-0.1, -0.05) is 32.9 Å². The van der Waals surface area contributed by atoms with Gasteiger partial charge in [-0.05, 0) is 29.2 Å². The number of nitrogen functional groups attached to an aromatic ring is 1. The van der Waals surface area contributed by atoms with Gasteiger partial charge in [0.15, 0.2) is 0 Å². The Morgan fingerprint density at radius 2 is 1.86 bits per heavy atom. The number of aromatic nitrogens is 1. The molecule has 4 N–H and O–H groups in total. The smallest absolute Gasteiger partial charge is 0.255 e. The van der Waals surface area contributed by atoms with Crippen molar-refractivity contribution >= 4 is 23.6 Å². The van der Waals surface area contributed by atoms with Crippen molar-refractivity contribution in [1.29, 1.82) is 5.41 Å². The monoisotopic (exact) mass is 296 g/mol. The Morgan fingerprint density at radius 3 is 2.41 bits per heavy atom. The molecule has 2 aromatic rings. The minimum Gasteiger partial charge on any atom is -0.383 e. The van der Waals surface area contributed by atoms with Gasteiger partial charge in [0.2, 0.25) is 0 Å². The normalized spacial score (nSPS) is 11.0. The number of pyridine rings is 1. The number of amides is 1. The summed E-state index contributed by atoms with van der Waals surface area (Å²) < 4.78 is 0. The van der Waals surface area contributed by atoms with Crippen molar-refractivity contribution in [3.63, 3.8) is 0 Å². The molecule has 0 bridgehead atoms. The molecule has 0 aliphatic rings. The van der Waals surface area contributed by atoms with Crippen molar-refractivity contribution in [3.8, 4) is 0 Å². The third kappa shape index (κ3) is 3.31. The van der Waals surface area contributed by atoms with Crippen LogP contribution in [-0.4, -0.2) is 17.1 Å². The lowest BCUT2D eigenvalue weighted by atomic mass is 9.87. The molecule has 0 radical (unpaired) electrons. The third-order valence-corrected chi connectivity index (χ3v) is 3.43. The zero-order valence-electron chi connectivity index (χ0n) is 13.0. The Kier molecular flexibility index (Phi) is 4.26. The number of benzene rings is 1. The quantitative estimate of drug-likeness (QED) is 0.759. The van der Waals surface area contributed by atoms with Gasteiger partial charge in [0.05, 0.1) is 11.3 Å². The maximum absolute atomic E-state index is 12.3. The average molecular weight is 296 g/mol. The van der Waals surface area contributed by atoms with Gasteiger partial charge >= 0.3 is 0 Å². The van der Waals surface area contributed by atoms with E-state index in [0.29, 0.717) is 16.8 Å². The van der Waals surface area contributed by atoms with Crippen molar-refractivity contribution in [1.82, 2.24) is 4.98 Å². The second-order valence-electron chi connectivity index (χ2n) is 6.08. The van der Waals surface area contributed by atoms with Crippen molar-refractivity contribution in [2.75, 3.05) is 11.1 Å². The van der Waals surface area contributed by atoms with Gasteiger partial charge in [-0.25, -0.2) is 4.98 Å². The van der Waals surface area contributed by atoms with Crippen LogP contribution in [0.4, 0.5) is 11.5 Å². The molecule has 0 aliphatic carbocycles. The highest BCUT2D eigenvalue weighted by Crippen LogP contribution is 2.23. The number of carbonyl (C=O) groups is 1. The van der Waals surface area contributed by atoms with E-state index in [4.69, 9.17) is 11.1 Å². The number of carbonyl (C=O) groups excluding carboxylic acids is 1. The van der Waals surface area contributed by atoms with E-state index in [1.165, 1.54) is 6.20 Å². The standard InChI is InChI=1S/C17H20N4O/c1-17(2,3)12-6-4-11(5-7-12)16(22)21-14-8-9-20-15(19)13(14)10-18/h4-10,18H,1-3H3,(H3,19,20,21,22). The molecule has 0 spiro atoms. The van der Waals surface area contributed by atoms with Crippen LogP contribution in [0.5, 0.6) is 0 Å². The van der Waals surface area contributed by atoms with Crippen LogP contribution in [0.3, 0.4) is 0 Å². The summed E-state index contributed by atoms with van der Waals surface area (Å²) in [6.07, 6.45) is 2.58. The Morgan fingerprint density at radius 1 is 1.23 bits per heavy atom. The molecule has 22 heavy (non-hydrogen) atoms. The van der Waals surface area contributed by atoms with E-state index < -0.39 is 0 Å². The Balaban J connectivity index is 2.23. The number of nitrogens with two attached hydrogens (primary N) is 1. The van der Waals surface area contributed by atoms with Crippen molar-refractivity contribution < 1.29 is 4.79 Å². The fraction of sp³-hybridized carbons (Fsp3) is 0.235. The first kappa shape index (κ1) is 15.7. The fourth-order valence-corrected chi connectivity index (χ4v) is 2.07. The summed E-state index contributed by atoms with van der Waals surface area (Å²) in [6, 6.07) is 9.12. The molecule has 1 aromatic carbocycles. The van der Waals surface area contributed by atoms with Crippen molar-refractivity contribution in [2.24, 2.45) is 0 Å². The molecule has 1 amide bonds. The van der Waals surface area contributed by atoms with Gasteiger partial charge in [0.1, 0.15) is 5.82 Å². The molecule has 0 fully saturated rings. The maximum atomic E-state index is 12.3. The molecule has 0 atom stereocenters. The Bertz CT molecular complexity index is 700. The van der Waals surface area contributed by atoms with E-state index in [1.807, 2.05) is 12.1 Å². The van der Waals surface area contributed by atoms with Gasteiger partial charge in [0.25, 0.3) is 5.91 Å². The number of anilines is 2. The van der Waals surface area contributed by atoms with Gasteiger partial charge in [-0.2, -0.15) is 0 Å². The zero-order chi connectivity index (χ0) is 16.3. The van der Waals surface area contributed by atoms with Gasteiger partial charge < -0.3 is 16.5 Å². The van der Waals surface area contributed by atoms with Crippen LogP contribution < -0.4 is 11.1 Å². The van der Waals surface area contributed by atoms with Crippen LogP contribution in [0, 0.1) is 5.41 Å². The van der Waals surface area contributed by atoms with Gasteiger partial charge in [-0.3, -0.25) is 4.79 Å². The predicted octanol–water partition coefficient (Wildman–Crippen LogP) is 3.21. The largest absolute Gasteiger partial charge is 0.383 e. The second-order valence-corrected chi connectivity index (χ2v) is 6.08. The lowest BCUT2D eigenvalue weighted by Gasteiger charge is -2.19. The van der Waals surface area contributed by atoms with Crippen LogP contribution in [0.25, 0.3) is 0 Å². The number of hydrogen-bond acceptors (Lipinski definition) is 4. The van der Waals surface area contributed by atoms with E-state index in [-0.39, 0.29) is 17.1 Å². The molecule has 2 rings (SSSR count). The Hall–Kier alpha value is -2.69. The third-order valence-electron chi connectivity index (χ3n) is 3.43. The molecule has 114 valence electrons. The molecule has 0 aliphatic heterocycles. The minimum atomic E-state index is -0.242. The average Bonchev–Trinajstić information content (AvgIpc) is 2.47. The second kappa shape index (κ2) is 5.97. The molecule has 1 heterocycles. The summed E-state index contributed by atoms with van der Waals surface area (Å²) in [7, 11) is 0. The maximum Gasteiger partial charge on any atom is 0.255 e. The first-order valence-electron chi connectivity index (χ1n) is 7.00.